The minimum atomic E-state index is -3.39. The number of rotatable bonds is 3. The van der Waals surface area contributed by atoms with Gasteiger partial charge in [-0.25, -0.2) is 8.42 Å². The smallest absolute Gasteiger partial charge is 0.244 e. The Hall–Kier alpha value is -0.620. The minimum Gasteiger partial charge on any atom is -0.341 e. The van der Waals surface area contributed by atoms with Crippen LogP contribution in [0.5, 0.6) is 0 Å². The summed E-state index contributed by atoms with van der Waals surface area (Å²) in [6.07, 6.45) is 2.99. The number of carbonyl (C=O) groups is 1. The Balaban J connectivity index is 2.21. The number of sulfone groups is 1. The molecule has 5 nitrogen and oxygen atoms in total. The van der Waals surface area contributed by atoms with Crippen LogP contribution in [0.3, 0.4) is 0 Å². The molecule has 0 saturated carbocycles. The standard InChI is InChI=1S/C14H26N2O3S/c1-11(2)12-4-9-16(10-12)13(17)14(20(3,18)19)5-7-15-8-6-14/h11-12,15H,4-10H2,1-3H3. The Labute approximate surface area is 122 Å². The molecule has 0 aromatic rings. The first-order valence-corrected chi connectivity index (χ1v) is 9.37. The summed E-state index contributed by atoms with van der Waals surface area (Å²) in [5.41, 5.74) is 0. The SMILES string of the molecule is CC(C)C1CCN(C(=O)C2(S(C)(=O)=O)CCNCC2)C1. The van der Waals surface area contributed by atoms with Crippen LogP contribution < -0.4 is 5.32 Å². The molecule has 1 atom stereocenters. The summed E-state index contributed by atoms with van der Waals surface area (Å²) in [6.45, 7) is 6.93. The van der Waals surface area contributed by atoms with Crippen molar-refractivity contribution in [2.45, 2.75) is 37.9 Å². The molecule has 20 heavy (non-hydrogen) atoms. The average molecular weight is 302 g/mol. The van der Waals surface area contributed by atoms with Gasteiger partial charge in [-0.1, -0.05) is 13.8 Å². The number of piperidine rings is 1. The molecule has 1 N–H and O–H groups in total. The van der Waals surface area contributed by atoms with Crippen molar-refractivity contribution in [2.24, 2.45) is 11.8 Å². The topological polar surface area (TPSA) is 66.5 Å². The van der Waals surface area contributed by atoms with Gasteiger partial charge in [0.1, 0.15) is 0 Å². The van der Waals surface area contributed by atoms with E-state index in [1.54, 1.807) is 4.90 Å². The Morgan fingerprint density at radius 1 is 1.30 bits per heavy atom. The maximum Gasteiger partial charge on any atom is 0.244 e. The van der Waals surface area contributed by atoms with Gasteiger partial charge in [0, 0.05) is 19.3 Å². The molecular formula is C14H26N2O3S. The number of nitrogens with zero attached hydrogens (tertiary/aromatic N) is 1. The number of amides is 1. The van der Waals surface area contributed by atoms with Gasteiger partial charge in [-0.3, -0.25) is 4.79 Å². The van der Waals surface area contributed by atoms with E-state index in [9.17, 15) is 13.2 Å². The first-order chi connectivity index (χ1) is 9.28. The van der Waals surface area contributed by atoms with Crippen LogP contribution in [0.4, 0.5) is 0 Å². The monoisotopic (exact) mass is 302 g/mol. The van der Waals surface area contributed by atoms with Gasteiger partial charge in [-0.2, -0.15) is 0 Å². The van der Waals surface area contributed by atoms with Gasteiger partial charge in [-0.15, -0.1) is 0 Å². The zero-order valence-electron chi connectivity index (χ0n) is 12.7. The van der Waals surface area contributed by atoms with Crippen molar-refractivity contribution < 1.29 is 13.2 Å². The van der Waals surface area contributed by atoms with Crippen molar-refractivity contribution in [1.29, 1.82) is 0 Å². The summed E-state index contributed by atoms with van der Waals surface area (Å²) < 4.78 is 23.3. The van der Waals surface area contributed by atoms with Crippen LogP contribution in [0.1, 0.15) is 33.1 Å². The molecule has 2 aliphatic heterocycles. The largest absolute Gasteiger partial charge is 0.341 e. The first-order valence-electron chi connectivity index (χ1n) is 7.47. The molecule has 1 amide bonds. The predicted molar refractivity (Wildman–Crippen MR) is 79.2 cm³/mol. The zero-order chi connectivity index (χ0) is 15.0. The lowest BCUT2D eigenvalue weighted by atomic mass is 9.94. The fourth-order valence-electron chi connectivity index (χ4n) is 3.38. The lowest BCUT2D eigenvalue weighted by Crippen LogP contribution is -2.57. The van der Waals surface area contributed by atoms with E-state index >= 15 is 0 Å². The Bertz CT molecular complexity index is 467. The third-order valence-corrected chi connectivity index (χ3v) is 6.97. The summed E-state index contributed by atoms with van der Waals surface area (Å²) in [5.74, 6) is 0.872. The molecule has 0 spiro atoms. The van der Waals surface area contributed by atoms with E-state index in [4.69, 9.17) is 0 Å². The molecule has 2 fully saturated rings. The molecule has 2 saturated heterocycles. The highest BCUT2D eigenvalue weighted by molar-refractivity contribution is 7.92. The van der Waals surface area contributed by atoms with Gasteiger partial charge in [0.2, 0.25) is 5.91 Å². The molecule has 0 aromatic heterocycles. The van der Waals surface area contributed by atoms with E-state index in [0.717, 1.165) is 6.42 Å². The van der Waals surface area contributed by atoms with E-state index in [0.29, 0.717) is 50.9 Å². The summed E-state index contributed by atoms with van der Waals surface area (Å²) in [7, 11) is -3.39. The fraction of sp³-hybridized carbons (Fsp3) is 0.929. The highest BCUT2D eigenvalue weighted by atomic mass is 32.2. The second kappa shape index (κ2) is 5.64. The number of carbonyl (C=O) groups excluding carboxylic acids is 1. The van der Waals surface area contributed by atoms with E-state index in [1.807, 2.05) is 0 Å². The summed E-state index contributed by atoms with van der Waals surface area (Å²) in [4.78, 5) is 14.6. The van der Waals surface area contributed by atoms with Crippen molar-refractivity contribution in [2.75, 3.05) is 32.4 Å². The molecule has 1 unspecified atom stereocenters. The third kappa shape index (κ3) is 2.72. The Morgan fingerprint density at radius 3 is 2.35 bits per heavy atom. The van der Waals surface area contributed by atoms with Gasteiger partial charge in [0.15, 0.2) is 14.6 Å². The first kappa shape index (κ1) is 15.8. The normalized spacial score (nSPS) is 27.0. The van der Waals surface area contributed by atoms with E-state index in [-0.39, 0.29) is 5.91 Å². The molecule has 6 heteroatoms. The molecule has 0 aromatic carbocycles. The van der Waals surface area contributed by atoms with E-state index < -0.39 is 14.6 Å². The van der Waals surface area contributed by atoms with Gasteiger partial charge in [-0.05, 0) is 44.2 Å². The number of hydrogen-bond donors (Lipinski definition) is 1. The third-order valence-electron chi connectivity index (χ3n) is 4.97. The maximum atomic E-state index is 12.9. The average Bonchev–Trinajstić information content (AvgIpc) is 2.87. The highest BCUT2D eigenvalue weighted by Gasteiger charge is 2.51. The van der Waals surface area contributed by atoms with Crippen molar-refractivity contribution >= 4 is 15.7 Å². The van der Waals surface area contributed by atoms with Crippen molar-refractivity contribution in [3.8, 4) is 0 Å². The minimum absolute atomic E-state index is 0.162. The van der Waals surface area contributed by atoms with Gasteiger partial charge >= 0.3 is 0 Å². The molecule has 116 valence electrons. The van der Waals surface area contributed by atoms with Gasteiger partial charge in [0.25, 0.3) is 0 Å². The lowest BCUT2D eigenvalue weighted by molar-refractivity contribution is -0.133. The zero-order valence-corrected chi connectivity index (χ0v) is 13.5. The predicted octanol–water partition coefficient (Wildman–Crippen LogP) is 0.658. The van der Waals surface area contributed by atoms with Crippen LogP contribution in [-0.2, 0) is 14.6 Å². The van der Waals surface area contributed by atoms with Gasteiger partial charge < -0.3 is 10.2 Å². The van der Waals surface area contributed by atoms with Crippen molar-refractivity contribution in [3.05, 3.63) is 0 Å². The quantitative estimate of drug-likeness (QED) is 0.831. The van der Waals surface area contributed by atoms with Crippen LogP contribution in [-0.4, -0.2) is 56.4 Å². The van der Waals surface area contributed by atoms with E-state index in [1.165, 1.54) is 6.26 Å². The molecule has 0 radical (unpaired) electrons. The highest BCUT2D eigenvalue weighted by Crippen LogP contribution is 2.33. The molecule has 2 rings (SSSR count). The van der Waals surface area contributed by atoms with Crippen molar-refractivity contribution in [3.63, 3.8) is 0 Å². The molecule has 2 aliphatic rings. The van der Waals surface area contributed by atoms with Crippen LogP contribution in [0.2, 0.25) is 0 Å². The second-order valence-electron chi connectivity index (χ2n) is 6.56. The van der Waals surface area contributed by atoms with Crippen LogP contribution >= 0.6 is 0 Å². The Kier molecular flexibility index (Phi) is 4.44. The number of hydrogen-bond acceptors (Lipinski definition) is 4. The molecule has 0 bridgehead atoms. The fourth-order valence-corrected chi connectivity index (χ4v) is 4.77. The summed E-state index contributed by atoms with van der Waals surface area (Å²) in [5, 5.41) is 3.15. The van der Waals surface area contributed by atoms with Crippen molar-refractivity contribution in [1.82, 2.24) is 10.2 Å². The number of nitrogens with one attached hydrogen (secondary N) is 1. The van der Waals surface area contributed by atoms with Crippen LogP contribution in [0.15, 0.2) is 0 Å². The maximum absolute atomic E-state index is 12.9. The summed E-state index contributed by atoms with van der Waals surface area (Å²) >= 11 is 0. The van der Waals surface area contributed by atoms with Crippen LogP contribution in [0.25, 0.3) is 0 Å². The van der Waals surface area contributed by atoms with Crippen LogP contribution in [0, 0.1) is 11.8 Å². The lowest BCUT2D eigenvalue weighted by Gasteiger charge is -2.37. The Morgan fingerprint density at radius 2 is 1.90 bits per heavy atom. The van der Waals surface area contributed by atoms with E-state index in [2.05, 4.69) is 19.2 Å². The summed E-state index contributed by atoms with van der Waals surface area (Å²) in [6, 6.07) is 0. The molecular weight excluding hydrogens is 276 g/mol. The van der Waals surface area contributed by atoms with Gasteiger partial charge in [0.05, 0.1) is 0 Å². The second-order valence-corrected chi connectivity index (χ2v) is 8.89. The number of likely N-dealkylation sites (tertiary alicyclic amines) is 1. The molecule has 2 heterocycles. The molecule has 0 aliphatic carbocycles.